The number of rotatable bonds is 8. The number of benzene rings is 2. The monoisotopic (exact) mass is 378 g/mol. The molecule has 0 unspecified atom stereocenters. The molecular formula is C22H26N4O2. The van der Waals surface area contributed by atoms with Crippen LogP contribution >= 0.6 is 0 Å². The Bertz CT molecular complexity index is 900. The highest BCUT2D eigenvalue weighted by Crippen LogP contribution is 2.25. The number of nitrogens with zero attached hydrogens (tertiary/aromatic N) is 2. The zero-order chi connectivity index (χ0) is 19.9. The van der Waals surface area contributed by atoms with Crippen molar-refractivity contribution in [2.24, 2.45) is 5.92 Å². The van der Waals surface area contributed by atoms with Gasteiger partial charge in [0.25, 0.3) is 0 Å². The smallest absolute Gasteiger partial charge is 0.225 e. The highest BCUT2D eigenvalue weighted by molar-refractivity contribution is 5.67. The van der Waals surface area contributed by atoms with Gasteiger partial charge in [-0.25, -0.2) is 4.98 Å². The largest absolute Gasteiger partial charge is 0.497 e. The maximum Gasteiger partial charge on any atom is 0.225 e. The van der Waals surface area contributed by atoms with Crippen molar-refractivity contribution in [3.8, 4) is 17.0 Å². The van der Waals surface area contributed by atoms with Gasteiger partial charge in [-0.05, 0) is 18.1 Å². The molecule has 0 fully saturated rings. The van der Waals surface area contributed by atoms with Gasteiger partial charge in [-0.1, -0.05) is 50.2 Å². The number of aliphatic hydroxyl groups excluding tert-OH is 1. The summed E-state index contributed by atoms with van der Waals surface area (Å²) >= 11 is 0. The Morgan fingerprint density at radius 2 is 1.79 bits per heavy atom. The molecule has 28 heavy (non-hydrogen) atoms. The molecule has 0 bridgehead atoms. The number of hydrogen-bond donors (Lipinski definition) is 3. The molecular weight excluding hydrogens is 352 g/mol. The zero-order valence-corrected chi connectivity index (χ0v) is 16.4. The first-order valence-electron chi connectivity index (χ1n) is 9.32. The number of ether oxygens (including phenoxy) is 1. The van der Waals surface area contributed by atoms with E-state index in [1.54, 1.807) is 7.11 Å². The Morgan fingerprint density at radius 3 is 2.46 bits per heavy atom. The fraction of sp³-hybridized carbons (Fsp3) is 0.273. The second kappa shape index (κ2) is 9.19. The van der Waals surface area contributed by atoms with E-state index >= 15 is 0 Å². The second-order valence-corrected chi connectivity index (χ2v) is 6.86. The normalized spacial score (nSPS) is 11.9. The van der Waals surface area contributed by atoms with E-state index < -0.39 is 0 Å². The minimum Gasteiger partial charge on any atom is -0.497 e. The molecule has 146 valence electrons. The predicted molar refractivity (Wildman–Crippen MR) is 113 cm³/mol. The highest BCUT2D eigenvalue weighted by Gasteiger charge is 2.15. The summed E-state index contributed by atoms with van der Waals surface area (Å²) < 4.78 is 5.29. The Morgan fingerprint density at radius 1 is 1.00 bits per heavy atom. The standard InChI is InChI=1S/C22H26N4O2/c1-15(2)20(14-27)25-22-24-19(16-8-5-4-6-9-16)13-21(26-22)23-17-10-7-11-18(12-17)28-3/h4-13,15,20,27H,14H2,1-3H3,(H2,23,24,25,26)/t20-/m0/s1. The summed E-state index contributed by atoms with van der Waals surface area (Å²) in [4.78, 5) is 9.25. The Balaban J connectivity index is 1.96. The maximum atomic E-state index is 9.66. The molecule has 0 aliphatic rings. The Kier molecular flexibility index (Phi) is 6.45. The minimum absolute atomic E-state index is 0.00916. The van der Waals surface area contributed by atoms with Crippen LogP contribution in [0.1, 0.15) is 13.8 Å². The molecule has 0 aliphatic carbocycles. The van der Waals surface area contributed by atoms with Gasteiger partial charge in [-0.15, -0.1) is 0 Å². The minimum atomic E-state index is -0.129. The first-order chi connectivity index (χ1) is 13.6. The van der Waals surface area contributed by atoms with Crippen molar-refractivity contribution >= 4 is 17.5 Å². The molecule has 0 saturated carbocycles. The number of methoxy groups -OCH3 is 1. The molecule has 3 rings (SSSR count). The molecule has 3 aromatic rings. The first kappa shape index (κ1) is 19.6. The Hall–Kier alpha value is -3.12. The quantitative estimate of drug-likeness (QED) is 0.542. The van der Waals surface area contributed by atoms with Gasteiger partial charge in [0.05, 0.1) is 25.5 Å². The van der Waals surface area contributed by atoms with Crippen molar-refractivity contribution in [1.82, 2.24) is 9.97 Å². The van der Waals surface area contributed by atoms with Gasteiger partial charge in [0.2, 0.25) is 5.95 Å². The third-order valence-electron chi connectivity index (χ3n) is 4.45. The Labute approximate surface area is 165 Å². The number of anilines is 3. The predicted octanol–water partition coefficient (Wildman–Crippen LogP) is 4.32. The van der Waals surface area contributed by atoms with Crippen LogP contribution in [0.25, 0.3) is 11.3 Å². The molecule has 3 N–H and O–H groups in total. The van der Waals surface area contributed by atoms with Gasteiger partial charge in [-0.2, -0.15) is 4.98 Å². The lowest BCUT2D eigenvalue weighted by Gasteiger charge is -2.20. The summed E-state index contributed by atoms with van der Waals surface area (Å²) in [5, 5.41) is 16.2. The molecule has 1 aromatic heterocycles. The van der Waals surface area contributed by atoms with E-state index in [0.717, 1.165) is 22.7 Å². The van der Waals surface area contributed by atoms with Crippen molar-refractivity contribution in [3.63, 3.8) is 0 Å². The van der Waals surface area contributed by atoms with Crippen LogP contribution in [0, 0.1) is 5.92 Å². The summed E-state index contributed by atoms with van der Waals surface area (Å²) in [5.41, 5.74) is 2.65. The first-order valence-corrected chi connectivity index (χ1v) is 9.32. The third kappa shape index (κ3) is 4.98. The summed E-state index contributed by atoms with van der Waals surface area (Å²) in [6.07, 6.45) is 0. The fourth-order valence-electron chi connectivity index (χ4n) is 2.77. The molecule has 0 saturated heterocycles. The van der Waals surface area contributed by atoms with Crippen LogP contribution in [-0.2, 0) is 0 Å². The van der Waals surface area contributed by atoms with Crippen LogP contribution in [0.15, 0.2) is 60.7 Å². The molecule has 6 heteroatoms. The average molecular weight is 378 g/mol. The SMILES string of the molecule is COc1cccc(Nc2cc(-c3ccccc3)nc(N[C@@H](CO)C(C)C)n2)c1. The molecule has 0 spiro atoms. The zero-order valence-electron chi connectivity index (χ0n) is 16.4. The summed E-state index contributed by atoms with van der Waals surface area (Å²) in [7, 11) is 1.64. The van der Waals surface area contributed by atoms with Crippen molar-refractivity contribution < 1.29 is 9.84 Å². The third-order valence-corrected chi connectivity index (χ3v) is 4.45. The topological polar surface area (TPSA) is 79.3 Å². The van der Waals surface area contributed by atoms with Crippen molar-refractivity contribution in [3.05, 3.63) is 60.7 Å². The average Bonchev–Trinajstić information content (AvgIpc) is 2.72. The van der Waals surface area contributed by atoms with Crippen LogP contribution in [0.3, 0.4) is 0 Å². The van der Waals surface area contributed by atoms with Crippen LogP contribution in [0.5, 0.6) is 5.75 Å². The lowest BCUT2D eigenvalue weighted by atomic mass is 10.1. The van der Waals surface area contributed by atoms with E-state index in [9.17, 15) is 5.11 Å². The van der Waals surface area contributed by atoms with Gasteiger partial charge in [-0.3, -0.25) is 0 Å². The molecule has 0 aliphatic heterocycles. The molecule has 6 nitrogen and oxygen atoms in total. The van der Waals surface area contributed by atoms with Gasteiger partial charge in [0, 0.05) is 23.4 Å². The van der Waals surface area contributed by atoms with E-state index in [2.05, 4.69) is 20.6 Å². The van der Waals surface area contributed by atoms with Crippen molar-refractivity contribution in [2.45, 2.75) is 19.9 Å². The fourth-order valence-corrected chi connectivity index (χ4v) is 2.77. The number of aromatic nitrogens is 2. The van der Waals surface area contributed by atoms with E-state index in [0.29, 0.717) is 11.8 Å². The highest BCUT2D eigenvalue weighted by atomic mass is 16.5. The van der Waals surface area contributed by atoms with E-state index in [1.807, 2.05) is 74.5 Å². The summed E-state index contributed by atoms with van der Waals surface area (Å²) in [6.45, 7) is 4.10. The second-order valence-electron chi connectivity index (χ2n) is 6.86. The molecule has 1 atom stereocenters. The van der Waals surface area contributed by atoms with E-state index in [-0.39, 0.29) is 18.6 Å². The number of hydrogen-bond acceptors (Lipinski definition) is 6. The van der Waals surface area contributed by atoms with Crippen molar-refractivity contribution in [2.75, 3.05) is 24.4 Å². The van der Waals surface area contributed by atoms with Crippen LogP contribution in [-0.4, -0.2) is 34.8 Å². The molecule has 2 aromatic carbocycles. The molecule has 1 heterocycles. The maximum absolute atomic E-state index is 9.66. The van der Waals surface area contributed by atoms with Gasteiger partial charge in [0.15, 0.2) is 0 Å². The molecule has 0 amide bonds. The summed E-state index contributed by atoms with van der Waals surface area (Å²) in [5.74, 6) is 2.13. The lowest BCUT2D eigenvalue weighted by molar-refractivity contribution is 0.248. The number of aliphatic hydroxyl groups is 1. The van der Waals surface area contributed by atoms with E-state index in [4.69, 9.17) is 4.74 Å². The van der Waals surface area contributed by atoms with Crippen LogP contribution in [0.2, 0.25) is 0 Å². The van der Waals surface area contributed by atoms with Crippen molar-refractivity contribution in [1.29, 1.82) is 0 Å². The van der Waals surface area contributed by atoms with Crippen LogP contribution in [0.4, 0.5) is 17.5 Å². The summed E-state index contributed by atoms with van der Waals surface area (Å²) in [6, 6.07) is 19.4. The van der Waals surface area contributed by atoms with Gasteiger partial charge in [0.1, 0.15) is 11.6 Å². The van der Waals surface area contributed by atoms with E-state index in [1.165, 1.54) is 0 Å². The van der Waals surface area contributed by atoms with Gasteiger partial charge >= 0.3 is 0 Å². The lowest BCUT2D eigenvalue weighted by Crippen LogP contribution is -2.30. The van der Waals surface area contributed by atoms with Gasteiger partial charge < -0.3 is 20.5 Å². The molecule has 0 radical (unpaired) electrons. The van der Waals surface area contributed by atoms with Crippen LogP contribution < -0.4 is 15.4 Å². The number of nitrogens with one attached hydrogen (secondary N) is 2.